The van der Waals surface area contributed by atoms with Crippen molar-refractivity contribution in [3.8, 4) is 6.07 Å². The summed E-state index contributed by atoms with van der Waals surface area (Å²) >= 11 is 5.95. The smallest absolute Gasteiger partial charge is 0.161 e. The second-order valence-corrected chi connectivity index (χ2v) is 4.30. The number of halogens is 1. The van der Waals surface area contributed by atoms with Crippen molar-refractivity contribution in [2.45, 2.75) is 19.9 Å². The molecule has 0 aliphatic heterocycles. The van der Waals surface area contributed by atoms with Crippen LogP contribution in [0.5, 0.6) is 0 Å². The molecule has 0 saturated heterocycles. The first kappa shape index (κ1) is 11.7. The monoisotopic (exact) mass is 246 g/mol. The molecule has 0 unspecified atom stereocenters. The lowest BCUT2D eigenvalue weighted by Gasteiger charge is -2.01. The molecule has 0 amide bonds. The van der Waals surface area contributed by atoms with Gasteiger partial charge in [-0.2, -0.15) is 5.26 Å². The molecule has 0 aliphatic rings. The van der Waals surface area contributed by atoms with E-state index in [1.807, 2.05) is 16.7 Å². The number of hydrogen-bond acceptors (Lipinski definition) is 2. The first-order chi connectivity index (χ1) is 8.13. The molecule has 1 aromatic heterocycles. The van der Waals surface area contributed by atoms with Crippen molar-refractivity contribution in [3.63, 3.8) is 0 Å². The highest BCUT2D eigenvalue weighted by molar-refractivity contribution is 6.31. The minimum atomic E-state index is 0.0213. The maximum atomic E-state index is 11.5. The Morgan fingerprint density at radius 2 is 2.29 bits per heavy atom. The fourth-order valence-electron chi connectivity index (χ4n) is 1.90. The third-order valence-corrected chi connectivity index (χ3v) is 2.92. The molecule has 2 rings (SSSR count). The van der Waals surface area contributed by atoms with Crippen molar-refractivity contribution in [2.24, 2.45) is 0 Å². The Hall–Kier alpha value is -1.79. The van der Waals surface area contributed by atoms with E-state index in [0.29, 0.717) is 23.6 Å². The molecular weight excluding hydrogens is 236 g/mol. The SMILES string of the molecule is CC(=O)c1cn(CCC#N)c2cc(Cl)ccc12. The Labute approximate surface area is 104 Å². The molecule has 86 valence electrons. The number of hydrogen-bond donors (Lipinski definition) is 0. The summed E-state index contributed by atoms with van der Waals surface area (Å²) in [4.78, 5) is 11.5. The lowest BCUT2D eigenvalue weighted by molar-refractivity contribution is 0.101. The van der Waals surface area contributed by atoms with Crippen LogP contribution in [0.15, 0.2) is 24.4 Å². The molecule has 17 heavy (non-hydrogen) atoms. The number of nitriles is 1. The Bertz CT molecular complexity index is 622. The summed E-state index contributed by atoms with van der Waals surface area (Å²) in [5.74, 6) is 0.0213. The minimum Gasteiger partial charge on any atom is -0.346 e. The molecule has 0 bridgehead atoms. The lowest BCUT2D eigenvalue weighted by atomic mass is 10.1. The number of ketones is 1. The van der Waals surface area contributed by atoms with Gasteiger partial charge >= 0.3 is 0 Å². The van der Waals surface area contributed by atoms with Crippen LogP contribution < -0.4 is 0 Å². The molecule has 0 radical (unpaired) electrons. The van der Waals surface area contributed by atoms with Gasteiger partial charge in [0.05, 0.1) is 18.0 Å². The Balaban J connectivity index is 2.63. The van der Waals surface area contributed by atoms with Gasteiger partial charge in [-0.15, -0.1) is 0 Å². The highest BCUT2D eigenvalue weighted by Gasteiger charge is 2.11. The first-order valence-corrected chi connectivity index (χ1v) is 5.67. The molecule has 1 aromatic carbocycles. The van der Waals surface area contributed by atoms with Gasteiger partial charge in [0.2, 0.25) is 0 Å². The van der Waals surface area contributed by atoms with Crippen molar-refractivity contribution >= 4 is 28.3 Å². The molecule has 0 N–H and O–H groups in total. The van der Waals surface area contributed by atoms with Crippen LogP contribution in [0.25, 0.3) is 10.9 Å². The summed E-state index contributed by atoms with van der Waals surface area (Å²) in [5, 5.41) is 10.1. The van der Waals surface area contributed by atoms with Crippen molar-refractivity contribution < 1.29 is 4.79 Å². The quantitative estimate of drug-likeness (QED) is 0.779. The van der Waals surface area contributed by atoms with Crippen LogP contribution in [0.3, 0.4) is 0 Å². The van der Waals surface area contributed by atoms with E-state index in [2.05, 4.69) is 6.07 Å². The summed E-state index contributed by atoms with van der Waals surface area (Å²) in [7, 11) is 0. The van der Waals surface area contributed by atoms with Crippen LogP contribution in [-0.4, -0.2) is 10.4 Å². The highest BCUT2D eigenvalue weighted by atomic mass is 35.5. The maximum absolute atomic E-state index is 11.5. The van der Waals surface area contributed by atoms with E-state index >= 15 is 0 Å². The number of aromatic nitrogens is 1. The summed E-state index contributed by atoms with van der Waals surface area (Å²) in [6.45, 7) is 2.11. The zero-order valence-electron chi connectivity index (χ0n) is 9.40. The van der Waals surface area contributed by atoms with E-state index < -0.39 is 0 Å². The summed E-state index contributed by atoms with van der Waals surface area (Å²) < 4.78 is 1.90. The molecule has 0 atom stereocenters. The van der Waals surface area contributed by atoms with Crippen LogP contribution in [-0.2, 0) is 6.54 Å². The maximum Gasteiger partial charge on any atom is 0.161 e. The third kappa shape index (κ3) is 2.17. The Morgan fingerprint density at radius 1 is 1.53 bits per heavy atom. The molecule has 0 spiro atoms. The average molecular weight is 247 g/mol. The van der Waals surface area contributed by atoms with Gasteiger partial charge in [0.15, 0.2) is 5.78 Å². The lowest BCUT2D eigenvalue weighted by Crippen LogP contribution is -1.95. The van der Waals surface area contributed by atoms with Crippen LogP contribution in [0.4, 0.5) is 0 Å². The van der Waals surface area contributed by atoms with Gasteiger partial charge in [-0.3, -0.25) is 4.79 Å². The van der Waals surface area contributed by atoms with Crippen molar-refractivity contribution in [2.75, 3.05) is 0 Å². The second-order valence-electron chi connectivity index (χ2n) is 3.86. The first-order valence-electron chi connectivity index (χ1n) is 5.30. The average Bonchev–Trinajstić information content (AvgIpc) is 2.64. The summed E-state index contributed by atoms with van der Waals surface area (Å²) in [6, 6.07) is 7.53. The third-order valence-electron chi connectivity index (χ3n) is 2.69. The second kappa shape index (κ2) is 4.60. The fraction of sp³-hybridized carbons (Fsp3) is 0.231. The van der Waals surface area contributed by atoms with E-state index in [4.69, 9.17) is 16.9 Å². The van der Waals surface area contributed by atoms with E-state index in [9.17, 15) is 4.79 Å². The number of nitrogens with zero attached hydrogens (tertiary/aromatic N) is 2. The van der Waals surface area contributed by atoms with Gasteiger partial charge in [0.25, 0.3) is 0 Å². The van der Waals surface area contributed by atoms with Crippen molar-refractivity contribution in [1.29, 1.82) is 5.26 Å². The van der Waals surface area contributed by atoms with Crippen LogP contribution in [0.2, 0.25) is 5.02 Å². The van der Waals surface area contributed by atoms with Gasteiger partial charge in [-0.1, -0.05) is 17.7 Å². The van der Waals surface area contributed by atoms with Gasteiger partial charge in [0.1, 0.15) is 0 Å². The number of carbonyl (C=O) groups excluding carboxylic acids is 1. The highest BCUT2D eigenvalue weighted by Crippen LogP contribution is 2.25. The Morgan fingerprint density at radius 3 is 2.94 bits per heavy atom. The van der Waals surface area contributed by atoms with E-state index in [1.54, 1.807) is 12.3 Å². The van der Waals surface area contributed by atoms with Gasteiger partial charge in [-0.05, 0) is 19.1 Å². The predicted molar refractivity (Wildman–Crippen MR) is 67.2 cm³/mol. The normalized spacial score (nSPS) is 10.4. The number of fused-ring (bicyclic) bond motifs is 1. The Kier molecular flexibility index (Phi) is 3.16. The van der Waals surface area contributed by atoms with E-state index in [0.717, 1.165) is 10.9 Å². The van der Waals surface area contributed by atoms with Gasteiger partial charge < -0.3 is 4.57 Å². The predicted octanol–water partition coefficient (Wildman–Crippen LogP) is 3.41. The molecule has 2 aromatic rings. The number of benzene rings is 1. The van der Waals surface area contributed by atoms with Crippen LogP contribution in [0, 0.1) is 11.3 Å². The van der Waals surface area contributed by atoms with E-state index in [-0.39, 0.29) is 5.78 Å². The molecule has 0 fully saturated rings. The van der Waals surface area contributed by atoms with E-state index in [1.165, 1.54) is 6.92 Å². The number of rotatable bonds is 3. The number of Topliss-reactive ketones (excluding diaryl/α,β-unsaturated/α-hetero) is 1. The molecule has 4 heteroatoms. The van der Waals surface area contributed by atoms with Gasteiger partial charge in [0, 0.05) is 28.7 Å². The number of carbonyl (C=O) groups is 1. The van der Waals surface area contributed by atoms with Crippen LogP contribution in [0.1, 0.15) is 23.7 Å². The molecular formula is C13H11ClN2O. The fourth-order valence-corrected chi connectivity index (χ4v) is 2.07. The zero-order chi connectivity index (χ0) is 12.4. The summed E-state index contributed by atoms with van der Waals surface area (Å²) in [5.41, 5.74) is 1.58. The topological polar surface area (TPSA) is 45.8 Å². The summed E-state index contributed by atoms with van der Waals surface area (Å²) in [6.07, 6.45) is 2.20. The number of aryl methyl sites for hydroxylation is 1. The minimum absolute atomic E-state index is 0.0213. The molecule has 1 heterocycles. The molecule has 0 aliphatic carbocycles. The molecule has 3 nitrogen and oxygen atoms in total. The standard InChI is InChI=1S/C13H11ClN2O/c1-9(17)12-8-16(6-2-5-15)13-7-10(14)3-4-11(12)13/h3-4,7-8H,2,6H2,1H3. The van der Waals surface area contributed by atoms with Crippen molar-refractivity contribution in [3.05, 3.63) is 35.0 Å². The largest absolute Gasteiger partial charge is 0.346 e. The van der Waals surface area contributed by atoms with Gasteiger partial charge in [-0.25, -0.2) is 0 Å². The zero-order valence-corrected chi connectivity index (χ0v) is 10.2. The van der Waals surface area contributed by atoms with Crippen LogP contribution >= 0.6 is 11.6 Å². The van der Waals surface area contributed by atoms with Crippen molar-refractivity contribution in [1.82, 2.24) is 4.57 Å². The molecule has 0 saturated carbocycles.